The molecule has 0 amide bonds. The molecule has 3 heteroatoms. The van der Waals surface area contributed by atoms with E-state index in [1.807, 2.05) is 13.0 Å². The third-order valence-electron chi connectivity index (χ3n) is 3.51. The second-order valence-corrected chi connectivity index (χ2v) is 6.16. The summed E-state index contributed by atoms with van der Waals surface area (Å²) in [5, 5.41) is 1.30. The summed E-state index contributed by atoms with van der Waals surface area (Å²) in [4.78, 5) is 5.83. The topological polar surface area (TPSA) is 41.8 Å². The van der Waals surface area contributed by atoms with Gasteiger partial charge in [0.05, 0.1) is 0 Å². The number of nitrogens with one attached hydrogen (secondary N) is 1. The lowest BCUT2D eigenvalue weighted by Crippen LogP contribution is -2.05. The summed E-state index contributed by atoms with van der Waals surface area (Å²) in [7, 11) is 0. The number of aryl methyl sites for hydroxylation is 1. The van der Waals surface area contributed by atoms with E-state index >= 15 is 0 Å². The Morgan fingerprint density at radius 1 is 1.05 bits per heavy atom. The number of hydrogen-bond acceptors (Lipinski definition) is 2. The lowest BCUT2D eigenvalue weighted by Gasteiger charge is -2.11. The van der Waals surface area contributed by atoms with Crippen molar-refractivity contribution >= 4 is 22.7 Å². The van der Waals surface area contributed by atoms with Crippen molar-refractivity contribution in [3.8, 4) is 0 Å². The summed E-state index contributed by atoms with van der Waals surface area (Å²) in [6.45, 7) is 4.18. The number of fused-ring (bicyclic) bond motifs is 1. The molecule has 1 aromatic heterocycles. The lowest BCUT2D eigenvalue weighted by molar-refractivity contribution is 0.797. The number of aromatic amines is 1. The number of rotatable bonds is 3. The van der Waals surface area contributed by atoms with E-state index in [-0.39, 0.29) is 6.04 Å². The van der Waals surface area contributed by atoms with Gasteiger partial charge in [0.2, 0.25) is 0 Å². The summed E-state index contributed by atoms with van der Waals surface area (Å²) in [6, 6.07) is 14.7. The molecule has 2 aromatic carbocycles. The quantitative estimate of drug-likeness (QED) is 0.734. The van der Waals surface area contributed by atoms with Crippen LogP contribution in [0.2, 0.25) is 0 Å². The molecule has 20 heavy (non-hydrogen) atoms. The van der Waals surface area contributed by atoms with Crippen LogP contribution in [0.3, 0.4) is 0 Å². The van der Waals surface area contributed by atoms with E-state index in [9.17, 15) is 0 Å². The van der Waals surface area contributed by atoms with Crippen LogP contribution < -0.4 is 5.73 Å². The third-order valence-corrected chi connectivity index (χ3v) is 4.64. The summed E-state index contributed by atoms with van der Waals surface area (Å²) in [6.07, 6.45) is 2.08. The van der Waals surface area contributed by atoms with E-state index in [2.05, 4.69) is 54.5 Å². The molecule has 2 nitrogen and oxygen atoms in total. The van der Waals surface area contributed by atoms with Crippen LogP contribution in [-0.4, -0.2) is 4.98 Å². The normalized spacial score (nSPS) is 12.8. The van der Waals surface area contributed by atoms with Gasteiger partial charge in [-0.05, 0) is 37.1 Å². The summed E-state index contributed by atoms with van der Waals surface area (Å²) in [5.41, 5.74) is 9.74. The minimum absolute atomic E-state index is 0.0463. The highest BCUT2D eigenvalue weighted by Gasteiger charge is 2.11. The van der Waals surface area contributed by atoms with Crippen LogP contribution >= 0.6 is 11.8 Å². The van der Waals surface area contributed by atoms with Gasteiger partial charge in [0, 0.05) is 32.9 Å². The molecule has 1 heterocycles. The molecule has 3 aromatic rings. The first-order chi connectivity index (χ1) is 9.66. The van der Waals surface area contributed by atoms with Crippen LogP contribution in [0.15, 0.2) is 58.5 Å². The lowest BCUT2D eigenvalue weighted by atomic mass is 10.1. The number of benzene rings is 2. The smallest absolute Gasteiger partial charge is 0.0468 e. The molecule has 0 aliphatic carbocycles. The highest BCUT2D eigenvalue weighted by molar-refractivity contribution is 7.99. The highest BCUT2D eigenvalue weighted by atomic mass is 32.2. The fraction of sp³-hybridized carbons (Fsp3) is 0.176. The van der Waals surface area contributed by atoms with Gasteiger partial charge < -0.3 is 10.7 Å². The second kappa shape index (κ2) is 5.35. The summed E-state index contributed by atoms with van der Waals surface area (Å²) >= 11 is 1.78. The minimum Gasteiger partial charge on any atom is -0.360 e. The number of nitrogens with two attached hydrogens (primary N) is 1. The first-order valence-electron chi connectivity index (χ1n) is 6.76. The van der Waals surface area contributed by atoms with Crippen LogP contribution in [0, 0.1) is 6.92 Å². The molecule has 0 aliphatic heterocycles. The van der Waals surface area contributed by atoms with Crippen molar-refractivity contribution in [3.05, 3.63) is 59.8 Å². The van der Waals surface area contributed by atoms with E-state index in [1.165, 1.54) is 31.8 Å². The second-order valence-electron chi connectivity index (χ2n) is 5.08. The maximum absolute atomic E-state index is 6.06. The zero-order valence-corrected chi connectivity index (χ0v) is 12.5. The molecular weight excluding hydrogens is 264 g/mol. The SMILES string of the molecule is Cc1cccc2[nH]cc(Sc3ccccc3C(C)N)c12. The number of H-pyrrole nitrogens is 1. The molecule has 102 valence electrons. The molecule has 0 radical (unpaired) electrons. The van der Waals surface area contributed by atoms with Gasteiger partial charge in [0.25, 0.3) is 0 Å². The molecule has 0 bridgehead atoms. The Labute approximate surface area is 123 Å². The van der Waals surface area contributed by atoms with Gasteiger partial charge >= 0.3 is 0 Å². The first kappa shape index (κ1) is 13.3. The van der Waals surface area contributed by atoms with Crippen molar-refractivity contribution in [3.63, 3.8) is 0 Å². The standard InChI is InChI=1S/C17H18N2S/c1-11-6-5-8-14-17(11)16(10-19-14)20-15-9-4-3-7-13(15)12(2)18/h3-10,12,19H,18H2,1-2H3. The van der Waals surface area contributed by atoms with E-state index in [0.717, 1.165) is 0 Å². The maximum atomic E-state index is 6.06. The zero-order valence-electron chi connectivity index (χ0n) is 11.7. The predicted octanol–water partition coefficient (Wildman–Crippen LogP) is 4.65. The average Bonchev–Trinajstić information content (AvgIpc) is 2.84. The molecule has 3 N–H and O–H groups in total. The number of aromatic nitrogens is 1. The molecule has 0 saturated heterocycles. The minimum atomic E-state index is 0.0463. The summed E-state index contributed by atoms with van der Waals surface area (Å²) in [5.74, 6) is 0. The molecule has 0 saturated carbocycles. The van der Waals surface area contributed by atoms with Gasteiger partial charge in [-0.25, -0.2) is 0 Å². The molecule has 0 aliphatic rings. The van der Waals surface area contributed by atoms with Crippen LogP contribution in [-0.2, 0) is 0 Å². The van der Waals surface area contributed by atoms with Crippen molar-refractivity contribution in [2.45, 2.75) is 29.7 Å². The predicted molar refractivity (Wildman–Crippen MR) is 86.2 cm³/mol. The first-order valence-corrected chi connectivity index (χ1v) is 7.57. The Kier molecular flexibility index (Phi) is 3.55. The van der Waals surface area contributed by atoms with Crippen molar-refractivity contribution in [1.82, 2.24) is 4.98 Å². The molecule has 0 fully saturated rings. The molecule has 1 unspecified atom stereocenters. The fourth-order valence-corrected chi connectivity index (χ4v) is 3.73. The van der Waals surface area contributed by atoms with Gasteiger partial charge in [0.1, 0.15) is 0 Å². The Bertz CT molecular complexity index is 744. The van der Waals surface area contributed by atoms with Gasteiger partial charge in [-0.1, -0.05) is 42.1 Å². The molecule has 3 rings (SSSR count). The Hall–Kier alpha value is -1.71. The van der Waals surface area contributed by atoms with E-state index in [0.29, 0.717) is 0 Å². The van der Waals surface area contributed by atoms with Crippen molar-refractivity contribution in [2.24, 2.45) is 5.73 Å². The monoisotopic (exact) mass is 282 g/mol. The van der Waals surface area contributed by atoms with Gasteiger partial charge in [-0.3, -0.25) is 0 Å². The van der Waals surface area contributed by atoms with Gasteiger partial charge in [-0.15, -0.1) is 0 Å². The van der Waals surface area contributed by atoms with Gasteiger partial charge in [0.15, 0.2) is 0 Å². The van der Waals surface area contributed by atoms with E-state index in [1.54, 1.807) is 11.8 Å². The third kappa shape index (κ3) is 2.35. The molecule has 1 atom stereocenters. The number of hydrogen-bond donors (Lipinski definition) is 2. The summed E-state index contributed by atoms with van der Waals surface area (Å²) < 4.78 is 0. The van der Waals surface area contributed by atoms with Gasteiger partial charge in [-0.2, -0.15) is 0 Å². The van der Waals surface area contributed by atoms with Crippen LogP contribution in [0.4, 0.5) is 0 Å². The fourth-order valence-electron chi connectivity index (χ4n) is 2.48. The van der Waals surface area contributed by atoms with Crippen LogP contribution in [0.5, 0.6) is 0 Å². The largest absolute Gasteiger partial charge is 0.360 e. The van der Waals surface area contributed by atoms with Crippen molar-refractivity contribution in [1.29, 1.82) is 0 Å². The van der Waals surface area contributed by atoms with E-state index in [4.69, 9.17) is 5.73 Å². The Morgan fingerprint density at radius 3 is 2.65 bits per heavy atom. The molecular formula is C17H18N2S. The average molecular weight is 282 g/mol. The van der Waals surface area contributed by atoms with Crippen molar-refractivity contribution in [2.75, 3.05) is 0 Å². The van der Waals surface area contributed by atoms with Crippen LogP contribution in [0.25, 0.3) is 10.9 Å². The highest BCUT2D eigenvalue weighted by Crippen LogP contribution is 2.37. The van der Waals surface area contributed by atoms with E-state index < -0.39 is 0 Å². The van der Waals surface area contributed by atoms with Crippen molar-refractivity contribution < 1.29 is 0 Å². The maximum Gasteiger partial charge on any atom is 0.0468 e. The Balaban J connectivity index is 2.06. The van der Waals surface area contributed by atoms with Crippen LogP contribution in [0.1, 0.15) is 24.1 Å². The zero-order chi connectivity index (χ0) is 14.1. The Morgan fingerprint density at radius 2 is 1.85 bits per heavy atom. The molecule has 0 spiro atoms.